The van der Waals surface area contributed by atoms with E-state index in [-0.39, 0.29) is 0 Å². The third-order valence-corrected chi connectivity index (χ3v) is 2.42. The molecule has 0 aliphatic carbocycles. The van der Waals surface area contributed by atoms with Crippen molar-refractivity contribution in [1.29, 1.82) is 0 Å². The van der Waals surface area contributed by atoms with E-state index in [1.807, 2.05) is 6.07 Å². The number of aromatic amines is 1. The van der Waals surface area contributed by atoms with E-state index in [4.69, 9.17) is 5.73 Å². The molecule has 0 radical (unpaired) electrons. The Bertz CT molecular complexity index is 252. The van der Waals surface area contributed by atoms with Gasteiger partial charge in [-0.1, -0.05) is 27.2 Å². The number of aromatic nitrogens is 2. The lowest BCUT2D eigenvalue weighted by molar-refractivity contribution is 0.453. The largest absolute Gasteiger partial charge is 0.382 e. The van der Waals surface area contributed by atoms with Crippen LogP contribution in [0.25, 0.3) is 0 Å². The van der Waals surface area contributed by atoms with Crippen molar-refractivity contribution in [2.75, 3.05) is 5.73 Å². The second kappa shape index (κ2) is 4.30. The number of anilines is 1. The number of nitrogens with two attached hydrogens (primary N) is 1. The number of nitrogens with one attached hydrogen (secondary N) is 1. The van der Waals surface area contributed by atoms with Crippen molar-refractivity contribution in [2.45, 2.75) is 39.5 Å². The van der Waals surface area contributed by atoms with Crippen molar-refractivity contribution in [2.24, 2.45) is 5.92 Å². The van der Waals surface area contributed by atoms with Crippen molar-refractivity contribution in [3.8, 4) is 0 Å². The van der Waals surface area contributed by atoms with Gasteiger partial charge in [-0.2, -0.15) is 5.10 Å². The molecule has 0 amide bonds. The molecule has 1 aromatic heterocycles. The molecule has 1 heterocycles. The number of nitrogen functional groups attached to an aromatic ring is 1. The Hall–Kier alpha value is -0.990. The fourth-order valence-corrected chi connectivity index (χ4v) is 1.70. The summed E-state index contributed by atoms with van der Waals surface area (Å²) in [7, 11) is 0. The average Bonchev–Trinajstić information content (AvgIpc) is 2.46. The third kappa shape index (κ3) is 2.47. The molecule has 1 aromatic rings. The summed E-state index contributed by atoms with van der Waals surface area (Å²) in [4.78, 5) is 0. The Morgan fingerprint density at radius 1 is 1.54 bits per heavy atom. The minimum atomic E-state index is 0.565. The molecule has 1 unspecified atom stereocenters. The van der Waals surface area contributed by atoms with Crippen LogP contribution in [0.4, 0.5) is 5.82 Å². The first-order valence-corrected chi connectivity index (χ1v) is 4.96. The molecule has 3 nitrogen and oxygen atoms in total. The first-order valence-electron chi connectivity index (χ1n) is 4.96. The molecular weight excluding hydrogens is 162 g/mol. The molecule has 0 spiro atoms. The summed E-state index contributed by atoms with van der Waals surface area (Å²) in [6, 6.07) is 1.94. The van der Waals surface area contributed by atoms with Crippen molar-refractivity contribution >= 4 is 5.82 Å². The number of H-pyrrole nitrogens is 1. The summed E-state index contributed by atoms with van der Waals surface area (Å²) >= 11 is 0. The molecule has 0 saturated carbocycles. The van der Waals surface area contributed by atoms with Crippen molar-refractivity contribution < 1.29 is 0 Å². The van der Waals surface area contributed by atoms with Gasteiger partial charge in [0.1, 0.15) is 5.82 Å². The molecule has 3 N–H and O–H groups in total. The lowest BCUT2D eigenvalue weighted by atomic mass is 9.88. The van der Waals surface area contributed by atoms with Gasteiger partial charge in [-0.3, -0.25) is 5.10 Å². The summed E-state index contributed by atoms with van der Waals surface area (Å²) in [5.41, 5.74) is 6.75. The highest BCUT2D eigenvalue weighted by Crippen LogP contribution is 2.28. The fraction of sp³-hybridized carbons (Fsp3) is 0.700. The van der Waals surface area contributed by atoms with Crippen LogP contribution in [0.15, 0.2) is 6.07 Å². The maximum atomic E-state index is 5.57. The second-order valence-corrected chi connectivity index (χ2v) is 3.89. The van der Waals surface area contributed by atoms with Crippen LogP contribution in [0.5, 0.6) is 0 Å². The first-order chi connectivity index (χ1) is 6.15. The van der Waals surface area contributed by atoms with Crippen LogP contribution in [0.1, 0.15) is 45.2 Å². The Morgan fingerprint density at radius 2 is 2.23 bits per heavy atom. The average molecular weight is 181 g/mol. The Morgan fingerprint density at radius 3 is 2.62 bits per heavy atom. The maximum Gasteiger partial charge on any atom is 0.145 e. The highest BCUT2D eigenvalue weighted by molar-refractivity contribution is 5.30. The van der Waals surface area contributed by atoms with Gasteiger partial charge >= 0.3 is 0 Å². The molecule has 74 valence electrons. The third-order valence-electron chi connectivity index (χ3n) is 2.42. The van der Waals surface area contributed by atoms with E-state index in [1.165, 1.54) is 18.5 Å². The molecule has 0 saturated heterocycles. The van der Waals surface area contributed by atoms with E-state index in [9.17, 15) is 0 Å². The summed E-state index contributed by atoms with van der Waals surface area (Å²) in [5.74, 6) is 1.80. The van der Waals surface area contributed by atoms with Gasteiger partial charge in [0.15, 0.2) is 0 Å². The van der Waals surface area contributed by atoms with E-state index in [0.29, 0.717) is 17.7 Å². The molecule has 0 bridgehead atoms. The van der Waals surface area contributed by atoms with Gasteiger partial charge in [-0.05, 0) is 12.3 Å². The van der Waals surface area contributed by atoms with Crippen LogP contribution < -0.4 is 5.73 Å². The fourth-order valence-electron chi connectivity index (χ4n) is 1.70. The Kier molecular flexibility index (Phi) is 3.34. The van der Waals surface area contributed by atoms with Crippen LogP contribution in [0.2, 0.25) is 0 Å². The van der Waals surface area contributed by atoms with Crippen molar-refractivity contribution in [1.82, 2.24) is 10.2 Å². The molecule has 13 heavy (non-hydrogen) atoms. The minimum Gasteiger partial charge on any atom is -0.382 e. The van der Waals surface area contributed by atoms with Gasteiger partial charge in [0.05, 0.1) is 0 Å². The predicted octanol–water partition coefficient (Wildman–Crippen LogP) is 2.53. The molecule has 0 fully saturated rings. The molecule has 0 aliphatic rings. The van der Waals surface area contributed by atoms with E-state index in [2.05, 4.69) is 31.0 Å². The van der Waals surface area contributed by atoms with Crippen molar-refractivity contribution in [3.05, 3.63) is 11.8 Å². The van der Waals surface area contributed by atoms with Crippen molar-refractivity contribution in [3.63, 3.8) is 0 Å². The van der Waals surface area contributed by atoms with Crippen LogP contribution in [-0.4, -0.2) is 10.2 Å². The normalized spacial score (nSPS) is 13.5. The molecular formula is C10H19N3. The minimum absolute atomic E-state index is 0.565. The summed E-state index contributed by atoms with van der Waals surface area (Å²) in [6.45, 7) is 6.67. The summed E-state index contributed by atoms with van der Waals surface area (Å²) in [6.07, 6.45) is 2.39. The molecule has 1 rings (SSSR count). The Labute approximate surface area is 79.7 Å². The van der Waals surface area contributed by atoms with Crippen LogP contribution in [-0.2, 0) is 0 Å². The monoisotopic (exact) mass is 181 g/mol. The quantitative estimate of drug-likeness (QED) is 0.750. The van der Waals surface area contributed by atoms with Gasteiger partial charge < -0.3 is 5.73 Å². The van der Waals surface area contributed by atoms with Crippen LogP contribution >= 0.6 is 0 Å². The maximum absolute atomic E-state index is 5.57. The van der Waals surface area contributed by atoms with Gasteiger partial charge in [0.25, 0.3) is 0 Å². The summed E-state index contributed by atoms with van der Waals surface area (Å²) < 4.78 is 0. The number of nitrogens with zero attached hydrogens (tertiary/aromatic N) is 1. The van der Waals surface area contributed by atoms with Gasteiger partial charge in [0, 0.05) is 17.7 Å². The molecule has 0 aromatic carbocycles. The molecule has 1 atom stereocenters. The standard InChI is InChI=1S/C10H19N3/c1-4-5-8(7(2)3)9-6-10(11)13-12-9/h6-8H,4-5H2,1-3H3,(H3,11,12,13). The van der Waals surface area contributed by atoms with E-state index >= 15 is 0 Å². The van der Waals surface area contributed by atoms with Crippen LogP contribution in [0, 0.1) is 5.92 Å². The summed E-state index contributed by atoms with van der Waals surface area (Å²) in [5, 5.41) is 6.95. The van der Waals surface area contributed by atoms with E-state index in [1.54, 1.807) is 0 Å². The number of rotatable bonds is 4. The number of hydrogen-bond donors (Lipinski definition) is 2. The zero-order valence-electron chi connectivity index (χ0n) is 8.67. The van der Waals surface area contributed by atoms with E-state index in [0.717, 1.165) is 0 Å². The smallest absolute Gasteiger partial charge is 0.145 e. The zero-order valence-corrected chi connectivity index (χ0v) is 8.67. The highest BCUT2D eigenvalue weighted by atomic mass is 15.2. The first kappa shape index (κ1) is 10.1. The lowest BCUT2D eigenvalue weighted by Gasteiger charge is -2.17. The molecule has 3 heteroatoms. The second-order valence-electron chi connectivity index (χ2n) is 3.89. The van der Waals surface area contributed by atoms with Gasteiger partial charge in [-0.25, -0.2) is 0 Å². The topological polar surface area (TPSA) is 54.7 Å². The van der Waals surface area contributed by atoms with E-state index < -0.39 is 0 Å². The number of hydrogen-bond acceptors (Lipinski definition) is 2. The highest BCUT2D eigenvalue weighted by Gasteiger charge is 2.16. The SMILES string of the molecule is CCCC(c1cc(N)n[nH]1)C(C)C. The van der Waals surface area contributed by atoms with Crippen LogP contribution in [0.3, 0.4) is 0 Å². The van der Waals surface area contributed by atoms with Gasteiger partial charge in [0.2, 0.25) is 0 Å². The van der Waals surface area contributed by atoms with Gasteiger partial charge in [-0.15, -0.1) is 0 Å². The molecule has 0 aliphatic heterocycles. The lowest BCUT2D eigenvalue weighted by Crippen LogP contribution is -2.06. The predicted molar refractivity (Wildman–Crippen MR) is 55.5 cm³/mol. The Balaban J connectivity index is 2.75. The zero-order chi connectivity index (χ0) is 9.84.